The third-order valence-electron chi connectivity index (χ3n) is 4.56. The lowest BCUT2D eigenvalue weighted by Crippen LogP contribution is -2.33. The Morgan fingerprint density at radius 1 is 1.04 bits per heavy atom. The van der Waals surface area contributed by atoms with Gasteiger partial charge in [0.2, 0.25) is 0 Å². The molecule has 0 aliphatic heterocycles. The van der Waals surface area contributed by atoms with Crippen LogP contribution in [0.25, 0.3) is 11.1 Å². The van der Waals surface area contributed by atoms with E-state index in [1.807, 2.05) is 48.5 Å². The molecule has 0 heterocycles. The molecule has 2 aromatic rings. The van der Waals surface area contributed by atoms with Crippen LogP contribution in [0.1, 0.15) is 23.5 Å². The zero-order valence-corrected chi connectivity index (χ0v) is 14.8. The van der Waals surface area contributed by atoms with Gasteiger partial charge in [0.05, 0.1) is 0 Å². The lowest BCUT2D eigenvalue weighted by Gasteiger charge is -2.15. The van der Waals surface area contributed by atoms with Gasteiger partial charge in [-0.25, -0.2) is 9.59 Å². The van der Waals surface area contributed by atoms with Crippen molar-refractivity contribution in [3.63, 3.8) is 0 Å². The van der Waals surface area contributed by atoms with Gasteiger partial charge in [-0.05, 0) is 22.3 Å². The van der Waals surface area contributed by atoms with Gasteiger partial charge in [0.25, 0.3) is 0 Å². The molecule has 1 aliphatic carbocycles. The van der Waals surface area contributed by atoms with Crippen LogP contribution in [0.15, 0.2) is 48.5 Å². The Hall–Kier alpha value is -3.00. The average Bonchev–Trinajstić information content (AvgIpc) is 2.99. The maximum absolute atomic E-state index is 12.2. The topological polar surface area (TPSA) is 84.9 Å². The second-order valence-electron chi connectivity index (χ2n) is 6.26. The molecule has 0 unspecified atom stereocenters. The van der Waals surface area contributed by atoms with Gasteiger partial charge in [-0.2, -0.15) is 8.78 Å². The van der Waals surface area contributed by atoms with Crippen LogP contribution in [0.2, 0.25) is 0 Å². The number of aliphatic carboxylic acids is 1. The van der Waals surface area contributed by atoms with E-state index in [2.05, 4.69) is 10.1 Å². The highest BCUT2D eigenvalue weighted by Gasteiger charge is 2.29. The minimum Gasteiger partial charge on any atom is -0.479 e. The summed E-state index contributed by atoms with van der Waals surface area (Å²) in [6, 6.07) is 15.8. The van der Waals surface area contributed by atoms with Gasteiger partial charge in [0.1, 0.15) is 6.61 Å². The Balaban J connectivity index is 1.54. The third-order valence-corrected chi connectivity index (χ3v) is 4.56. The molecule has 3 rings (SSSR count). The number of hydrogen-bond acceptors (Lipinski definition) is 4. The first-order valence-corrected chi connectivity index (χ1v) is 8.72. The number of alkyl halides is 2. The van der Waals surface area contributed by atoms with Gasteiger partial charge in [0, 0.05) is 18.9 Å². The fourth-order valence-electron chi connectivity index (χ4n) is 3.33. The van der Waals surface area contributed by atoms with Crippen molar-refractivity contribution in [2.24, 2.45) is 0 Å². The summed E-state index contributed by atoms with van der Waals surface area (Å²) >= 11 is 0. The number of ether oxygens (including phenoxy) is 2. The number of carboxylic acids is 1. The second-order valence-corrected chi connectivity index (χ2v) is 6.26. The van der Waals surface area contributed by atoms with Crippen molar-refractivity contribution in [3.8, 4) is 11.1 Å². The van der Waals surface area contributed by atoms with Crippen LogP contribution in [0.4, 0.5) is 13.6 Å². The van der Waals surface area contributed by atoms with Gasteiger partial charge >= 0.3 is 18.7 Å². The summed E-state index contributed by atoms with van der Waals surface area (Å²) < 4.78 is 33.6. The number of carbonyl (C=O) groups excluding carboxylic acids is 1. The lowest BCUT2D eigenvalue weighted by atomic mass is 9.98. The van der Waals surface area contributed by atoms with Gasteiger partial charge in [-0.1, -0.05) is 48.5 Å². The molecule has 0 aromatic heterocycles. The van der Waals surface area contributed by atoms with Crippen molar-refractivity contribution < 1.29 is 33.0 Å². The van der Waals surface area contributed by atoms with E-state index in [9.17, 15) is 18.4 Å². The first kappa shape index (κ1) is 19.8. The monoisotopic (exact) mass is 391 g/mol. The Morgan fingerprint density at radius 2 is 1.61 bits per heavy atom. The third kappa shape index (κ3) is 4.45. The molecule has 0 radical (unpaired) electrons. The number of fused-ring (bicyclic) bond motifs is 3. The van der Waals surface area contributed by atoms with Crippen molar-refractivity contribution in [2.75, 3.05) is 13.2 Å². The number of nitrogens with one attached hydrogen (secondary N) is 1. The van der Waals surface area contributed by atoms with E-state index < -0.39 is 24.8 Å². The van der Waals surface area contributed by atoms with Crippen LogP contribution < -0.4 is 5.32 Å². The van der Waals surface area contributed by atoms with Gasteiger partial charge in [0.15, 0.2) is 6.10 Å². The maximum Gasteiger partial charge on any atom is 0.407 e. The average molecular weight is 391 g/mol. The summed E-state index contributed by atoms with van der Waals surface area (Å²) in [5.41, 5.74) is 4.32. The number of alkyl carbamates (subject to hydrolysis) is 1. The molecule has 0 saturated heterocycles. The van der Waals surface area contributed by atoms with Crippen LogP contribution in [-0.4, -0.2) is 43.0 Å². The highest BCUT2D eigenvalue weighted by molar-refractivity contribution is 5.79. The summed E-state index contributed by atoms with van der Waals surface area (Å²) in [5, 5.41) is 11.2. The summed E-state index contributed by atoms with van der Waals surface area (Å²) in [5.74, 6) is -1.62. The van der Waals surface area contributed by atoms with Crippen molar-refractivity contribution >= 4 is 12.1 Å². The summed E-state index contributed by atoms with van der Waals surface area (Å²) in [6.45, 7) is -3.26. The quantitative estimate of drug-likeness (QED) is 0.718. The number of benzene rings is 2. The molecule has 148 valence electrons. The molecular weight excluding hydrogens is 372 g/mol. The normalized spacial score (nSPS) is 13.7. The fourth-order valence-corrected chi connectivity index (χ4v) is 3.33. The Bertz CT molecular complexity index is 812. The number of hydrogen-bond donors (Lipinski definition) is 2. The molecule has 2 N–H and O–H groups in total. The molecule has 6 nitrogen and oxygen atoms in total. The van der Waals surface area contributed by atoms with Crippen LogP contribution >= 0.6 is 0 Å². The summed E-state index contributed by atoms with van der Waals surface area (Å²) in [7, 11) is 0. The molecule has 28 heavy (non-hydrogen) atoms. The van der Waals surface area contributed by atoms with Crippen LogP contribution in [0.3, 0.4) is 0 Å². The maximum atomic E-state index is 12.2. The molecule has 0 spiro atoms. The number of carboxylic acid groups (broad SMARTS) is 1. The zero-order valence-electron chi connectivity index (χ0n) is 14.8. The van der Waals surface area contributed by atoms with Crippen LogP contribution in [0.5, 0.6) is 0 Å². The molecule has 1 aliphatic rings. The van der Waals surface area contributed by atoms with Gasteiger partial charge in [-0.15, -0.1) is 0 Å². The lowest BCUT2D eigenvalue weighted by molar-refractivity contribution is -0.187. The molecule has 0 fully saturated rings. The van der Waals surface area contributed by atoms with Crippen molar-refractivity contribution in [1.29, 1.82) is 0 Å². The largest absolute Gasteiger partial charge is 0.479 e. The minimum atomic E-state index is -3.20. The molecule has 8 heteroatoms. The summed E-state index contributed by atoms with van der Waals surface area (Å²) in [6.07, 6.45) is -2.75. The van der Waals surface area contributed by atoms with Crippen molar-refractivity contribution in [1.82, 2.24) is 5.32 Å². The Kier molecular flexibility index (Phi) is 6.20. The molecule has 1 atom stereocenters. The Labute approximate surface area is 160 Å². The molecule has 1 amide bonds. The summed E-state index contributed by atoms with van der Waals surface area (Å²) in [4.78, 5) is 22.8. The fraction of sp³-hybridized carbons (Fsp3) is 0.300. The standard InChI is InChI=1S/C20H19F2NO5/c21-19(22)28-17(18(24)25)9-10-23-20(26)27-11-16-14-7-3-1-5-12(14)13-6-2-4-8-15(13)16/h1-8,16-17,19H,9-11H2,(H,23,26)(H,24,25)/t17-/m0/s1. The van der Waals surface area contributed by atoms with E-state index in [-0.39, 0.29) is 25.5 Å². The highest BCUT2D eigenvalue weighted by Crippen LogP contribution is 2.44. The molecular formula is C20H19F2NO5. The zero-order chi connectivity index (χ0) is 20.1. The number of rotatable bonds is 8. The molecule has 2 aromatic carbocycles. The van der Waals surface area contributed by atoms with E-state index in [0.717, 1.165) is 22.3 Å². The molecule has 0 bridgehead atoms. The van der Waals surface area contributed by atoms with Gasteiger partial charge < -0.3 is 19.9 Å². The first-order valence-electron chi connectivity index (χ1n) is 8.72. The van der Waals surface area contributed by atoms with Crippen LogP contribution in [-0.2, 0) is 14.3 Å². The van der Waals surface area contributed by atoms with Crippen molar-refractivity contribution in [3.05, 3.63) is 59.7 Å². The number of amides is 1. The van der Waals surface area contributed by atoms with Gasteiger partial charge in [-0.3, -0.25) is 0 Å². The second kappa shape index (κ2) is 8.79. The Morgan fingerprint density at radius 3 is 2.14 bits per heavy atom. The van der Waals surface area contributed by atoms with E-state index in [0.29, 0.717) is 0 Å². The van der Waals surface area contributed by atoms with E-state index >= 15 is 0 Å². The number of halogens is 2. The smallest absolute Gasteiger partial charge is 0.407 e. The number of carbonyl (C=O) groups is 2. The SMILES string of the molecule is O=C(NCC[C@H](OC(F)F)C(=O)O)OCC1c2ccccc2-c2ccccc21. The van der Waals surface area contributed by atoms with E-state index in [1.165, 1.54) is 0 Å². The predicted molar refractivity (Wildman–Crippen MR) is 96.2 cm³/mol. The predicted octanol–water partition coefficient (Wildman–Crippen LogP) is 3.61. The van der Waals surface area contributed by atoms with Crippen LogP contribution in [0, 0.1) is 0 Å². The van der Waals surface area contributed by atoms with E-state index in [4.69, 9.17) is 9.84 Å². The first-order chi connectivity index (χ1) is 13.5. The minimum absolute atomic E-state index is 0.105. The van der Waals surface area contributed by atoms with Crippen molar-refractivity contribution in [2.45, 2.75) is 25.1 Å². The van der Waals surface area contributed by atoms with E-state index in [1.54, 1.807) is 0 Å². The highest BCUT2D eigenvalue weighted by atomic mass is 19.3. The molecule has 0 saturated carbocycles.